The molecular formula is C11H13N5O7. The van der Waals surface area contributed by atoms with Crippen LogP contribution >= 0.6 is 0 Å². The van der Waals surface area contributed by atoms with Crippen molar-refractivity contribution in [2.75, 3.05) is 7.05 Å². The first-order valence-electron chi connectivity index (χ1n) is 6.20. The zero-order chi connectivity index (χ0) is 17.7. The van der Waals surface area contributed by atoms with Gasteiger partial charge in [0.2, 0.25) is 0 Å². The zero-order valence-electron chi connectivity index (χ0n) is 12.1. The molecule has 1 aromatic carbocycles. The lowest BCUT2D eigenvalue weighted by atomic mass is 10.2. The van der Waals surface area contributed by atoms with Crippen LogP contribution < -0.4 is 0 Å². The standard InChI is InChI=1S/C6H3N3O7.C5H10N2/c10-6-4(8(13)14)1-3(7(11)12)2-5(6)9(15)16;1-5-3-4-6-7(5)2/h1-2,10H;4-5H,3H2,1-2H3. The predicted molar refractivity (Wildman–Crippen MR) is 78.4 cm³/mol. The van der Waals surface area contributed by atoms with E-state index in [0.29, 0.717) is 18.2 Å². The fourth-order valence-corrected chi connectivity index (χ4v) is 1.57. The van der Waals surface area contributed by atoms with Crippen molar-refractivity contribution in [3.8, 4) is 5.75 Å². The molecule has 23 heavy (non-hydrogen) atoms. The number of benzene rings is 1. The topological polar surface area (TPSA) is 165 Å². The van der Waals surface area contributed by atoms with Crippen LogP contribution in [0.25, 0.3) is 0 Å². The maximum absolute atomic E-state index is 10.4. The largest absolute Gasteiger partial charge is 0.497 e. The first-order valence-corrected chi connectivity index (χ1v) is 6.20. The van der Waals surface area contributed by atoms with Gasteiger partial charge in [-0.25, -0.2) is 0 Å². The van der Waals surface area contributed by atoms with Crippen molar-refractivity contribution >= 4 is 23.3 Å². The molecule has 0 spiro atoms. The number of hydrogen-bond acceptors (Lipinski definition) is 9. The number of aromatic hydroxyl groups is 1. The van der Waals surface area contributed by atoms with Gasteiger partial charge in [-0.15, -0.1) is 0 Å². The van der Waals surface area contributed by atoms with Gasteiger partial charge in [-0.1, -0.05) is 0 Å². The molecule has 1 atom stereocenters. The number of nitro groups is 3. The highest BCUT2D eigenvalue weighted by atomic mass is 16.6. The number of hydrogen-bond donors (Lipinski definition) is 1. The third-order valence-electron chi connectivity index (χ3n) is 3.01. The number of rotatable bonds is 3. The average molecular weight is 327 g/mol. The first-order chi connectivity index (χ1) is 10.6. The van der Waals surface area contributed by atoms with E-state index in [9.17, 15) is 30.3 Å². The van der Waals surface area contributed by atoms with E-state index in [2.05, 4.69) is 12.0 Å². The molecule has 1 aliphatic rings. The summed E-state index contributed by atoms with van der Waals surface area (Å²) in [5.74, 6) is -1.21. The normalized spacial score (nSPS) is 15.7. The zero-order valence-corrected chi connectivity index (χ0v) is 12.1. The van der Waals surface area contributed by atoms with E-state index in [1.807, 2.05) is 18.3 Å². The molecule has 0 fully saturated rings. The molecule has 1 aliphatic heterocycles. The Bertz CT molecular complexity index is 640. The molecule has 1 N–H and O–H groups in total. The summed E-state index contributed by atoms with van der Waals surface area (Å²) in [6.45, 7) is 2.16. The van der Waals surface area contributed by atoms with Gasteiger partial charge < -0.3 is 5.11 Å². The number of nitro benzene ring substituents is 3. The van der Waals surface area contributed by atoms with Crippen LogP contribution in [0.3, 0.4) is 0 Å². The smallest absolute Gasteiger partial charge is 0.324 e. The van der Waals surface area contributed by atoms with Crippen molar-refractivity contribution in [3.05, 3.63) is 42.5 Å². The van der Waals surface area contributed by atoms with Crippen molar-refractivity contribution in [2.45, 2.75) is 19.4 Å². The fourth-order valence-electron chi connectivity index (χ4n) is 1.57. The summed E-state index contributed by atoms with van der Waals surface area (Å²) in [7, 11) is 1.99. The summed E-state index contributed by atoms with van der Waals surface area (Å²) in [4.78, 5) is 27.8. The van der Waals surface area contributed by atoms with Gasteiger partial charge in [-0.3, -0.25) is 35.4 Å². The maximum atomic E-state index is 10.4. The molecular weight excluding hydrogens is 314 g/mol. The van der Waals surface area contributed by atoms with Crippen LogP contribution in [-0.2, 0) is 0 Å². The summed E-state index contributed by atoms with van der Waals surface area (Å²) in [5.41, 5.74) is -3.00. The van der Waals surface area contributed by atoms with Gasteiger partial charge in [0.05, 0.1) is 26.9 Å². The lowest BCUT2D eigenvalue weighted by Crippen LogP contribution is -2.17. The maximum Gasteiger partial charge on any atom is 0.324 e. The van der Waals surface area contributed by atoms with Crippen LogP contribution in [0.4, 0.5) is 17.1 Å². The monoisotopic (exact) mass is 327 g/mol. The number of hydrazone groups is 1. The molecule has 0 saturated heterocycles. The fraction of sp³-hybridized carbons (Fsp3) is 0.364. The third kappa shape index (κ3) is 4.33. The second-order valence-corrected chi connectivity index (χ2v) is 4.56. The van der Waals surface area contributed by atoms with Crippen molar-refractivity contribution in [2.24, 2.45) is 5.10 Å². The van der Waals surface area contributed by atoms with E-state index >= 15 is 0 Å². The molecule has 12 nitrogen and oxygen atoms in total. The number of phenols is 1. The number of non-ortho nitro benzene ring substituents is 1. The third-order valence-corrected chi connectivity index (χ3v) is 3.01. The first kappa shape index (κ1) is 17.7. The molecule has 12 heteroatoms. The van der Waals surface area contributed by atoms with Crippen LogP contribution in [0, 0.1) is 30.3 Å². The van der Waals surface area contributed by atoms with Gasteiger partial charge >= 0.3 is 11.4 Å². The van der Waals surface area contributed by atoms with Gasteiger partial charge in [0.15, 0.2) is 0 Å². The molecule has 124 valence electrons. The quantitative estimate of drug-likeness (QED) is 0.648. The molecule has 1 aromatic rings. The minimum atomic E-state index is -1.21. The van der Waals surface area contributed by atoms with E-state index in [4.69, 9.17) is 5.11 Å². The average Bonchev–Trinajstić information content (AvgIpc) is 2.82. The van der Waals surface area contributed by atoms with Crippen molar-refractivity contribution in [1.82, 2.24) is 5.01 Å². The Morgan fingerprint density at radius 1 is 1.13 bits per heavy atom. The molecule has 1 unspecified atom stereocenters. The predicted octanol–water partition coefficient (Wildman–Crippen LogP) is 1.81. The molecule has 0 saturated carbocycles. The molecule has 0 aromatic heterocycles. The van der Waals surface area contributed by atoms with Crippen molar-refractivity contribution in [1.29, 1.82) is 0 Å². The van der Waals surface area contributed by atoms with Gasteiger partial charge in [-0.05, 0) is 6.92 Å². The van der Waals surface area contributed by atoms with Crippen LogP contribution in [0.1, 0.15) is 13.3 Å². The molecule has 0 bridgehead atoms. The highest BCUT2D eigenvalue weighted by Gasteiger charge is 2.30. The van der Waals surface area contributed by atoms with E-state index < -0.39 is 37.6 Å². The Morgan fingerprint density at radius 2 is 1.61 bits per heavy atom. The summed E-state index contributed by atoms with van der Waals surface area (Å²) in [5, 5.41) is 46.2. The van der Waals surface area contributed by atoms with Crippen molar-refractivity contribution in [3.63, 3.8) is 0 Å². The lowest BCUT2D eigenvalue weighted by molar-refractivity contribution is -0.404. The van der Waals surface area contributed by atoms with Gasteiger partial charge in [0.1, 0.15) is 0 Å². The van der Waals surface area contributed by atoms with E-state index in [1.54, 1.807) is 0 Å². The number of phenolic OH excluding ortho intramolecular Hbond substituents is 1. The summed E-state index contributed by atoms with van der Waals surface area (Å²) in [6.07, 6.45) is 3.06. The Morgan fingerprint density at radius 3 is 1.83 bits per heavy atom. The molecule has 0 radical (unpaired) electrons. The second-order valence-electron chi connectivity index (χ2n) is 4.56. The number of nitrogens with zero attached hydrogens (tertiary/aromatic N) is 5. The molecule has 0 amide bonds. The minimum absolute atomic E-state index is 0.447. The summed E-state index contributed by atoms with van der Waals surface area (Å²) in [6, 6.07) is 1.52. The van der Waals surface area contributed by atoms with E-state index in [1.165, 1.54) is 0 Å². The summed E-state index contributed by atoms with van der Waals surface area (Å²) < 4.78 is 0. The highest BCUT2D eigenvalue weighted by Crippen LogP contribution is 2.38. The van der Waals surface area contributed by atoms with Crippen LogP contribution in [0.2, 0.25) is 0 Å². The molecule has 2 rings (SSSR count). The van der Waals surface area contributed by atoms with Gasteiger partial charge in [-0.2, -0.15) is 5.10 Å². The lowest BCUT2D eigenvalue weighted by Gasteiger charge is -2.11. The van der Waals surface area contributed by atoms with E-state index in [-0.39, 0.29) is 0 Å². The highest BCUT2D eigenvalue weighted by molar-refractivity contribution is 5.64. The molecule has 1 heterocycles. The van der Waals surface area contributed by atoms with Crippen LogP contribution in [0.15, 0.2) is 17.2 Å². The van der Waals surface area contributed by atoms with Crippen molar-refractivity contribution < 1.29 is 19.9 Å². The van der Waals surface area contributed by atoms with Gasteiger partial charge in [0.25, 0.3) is 11.4 Å². The van der Waals surface area contributed by atoms with Crippen LogP contribution in [0.5, 0.6) is 5.75 Å². The van der Waals surface area contributed by atoms with Gasteiger partial charge in [0, 0.05) is 25.7 Å². The molecule has 0 aliphatic carbocycles. The summed E-state index contributed by atoms with van der Waals surface area (Å²) >= 11 is 0. The van der Waals surface area contributed by atoms with E-state index in [0.717, 1.165) is 6.42 Å². The minimum Gasteiger partial charge on any atom is -0.497 e. The Hall–Kier alpha value is -3.31. The Labute approximate surface area is 129 Å². The SMILES string of the molecule is CC1CC=NN1C.O=[N+]([O-])c1cc([N+](=O)[O-])c(O)c([N+](=O)[O-])c1. The van der Waals surface area contributed by atoms with Crippen LogP contribution in [-0.4, -0.2) is 44.2 Å². The Balaban J connectivity index is 0.000000313. The second kappa shape index (κ2) is 7.11. The Kier molecular flexibility index (Phi) is 5.48.